The number of phenolic OH excluding ortho intramolecular Hbond substituents is 3. The predicted octanol–water partition coefficient (Wildman–Crippen LogP) is 1.35. The Bertz CT molecular complexity index is 917. The van der Waals surface area contributed by atoms with Crippen LogP contribution in [-0.4, -0.2) is 39.9 Å². The first-order valence-electron chi connectivity index (χ1n) is 7.30. The van der Waals surface area contributed by atoms with E-state index in [0.717, 1.165) is 12.1 Å². The molecule has 10 heteroatoms. The zero-order valence-corrected chi connectivity index (χ0v) is 13.6. The molecule has 132 valence electrons. The molecule has 1 aromatic heterocycles. The summed E-state index contributed by atoms with van der Waals surface area (Å²) in [5.74, 6) is -2.47. The van der Waals surface area contributed by atoms with Crippen molar-refractivity contribution < 1.29 is 28.5 Å². The number of anilines is 2. The van der Waals surface area contributed by atoms with Crippen LogP contribution in [0.3, 0.4) is 0 Å². The Morgan fingerprint density at radius 1 is 1.12 bits per heavy atom. The largest absolute Gasteiger partial charge is 0.504 e. The Hall–Kier alpha value is -3.01. The number of sulfonamides is 1. The molecule has 0 atom stereocenters. The molecule has 0 unspecified atom stereocenters. The fourth-order valence-electron chi connectivity index (χ4n) is 2.11. The lowest BCUT2D eigenvalue weighted by Crippen LogP contribution is -2.19. The number of nitrogens with zero attached hydrogens (tertiary/aromatic N) is 1. The number of hydrogen-bond donors (Lipinski definition) is 5. The van der Waals surface area contributed by atoms with Crippen molar-refractivity contribution in [3.05, 3.63) is 36.0 Å². The molecule has 1 heterocycles. The lowest BCUT2D eigenvalue weighted by Gasteiger charge is -2.10. The molecule has 0 spiro atoms. The number of carbonyl (C=O) groups excluding carboxylic acids is 1. The normalized spacial score (nSPS) is 14.1. The Morgan fingerprint density at radius 3 is 2.36 bits per heavy atom. The van der Waals surface area contributed by atoms with E-state index in [1.807, 2.05) is 0 Å². The number of phenols is 3. The van der Waals surface area contributed by atoms with E-state index in [9.17, 15) is 28.5 Å². The first-order chi connectivity index (χ1) is 11.8. The van der Waals surface area contributed by atoms with Crippen molar-refractivity contribution in [3.8, 4) is 17.2 Å². The Labute approximate surface area is 143 Å². The average molecular weight is 365 g/mol. The fraction of sp³-hybridized carbons (Fsp3) is 0.200. The number of pyridine rings is 1. The third-order valence-corrected chi connectivity index (χ3v) is 5.40. The smallest absolute Gasteiger partial charge is 0.255 e. The van der Waals surface area contributed by atoms with Gasteiger partial charge in [0.25, 0.3) is 5.91 Å². The molecule has 2 aromatic rings. The predicted molar refractivity (Wildman–Crippen MR) is 89.2 cm³/mol. The molecule has 0 aliphatic heterocycles. The van der Waals surface area contributed by atoms with Gasteiger partial charge in [0.15, 0.2) is 17.2 Å². The number of nitrogens with one attached hydrogen (secondary N) is 2. The summed E-state index contributed by atoms with van der Waals surface area (Å²) in [5, 5.41) is 30.2. The highest BCUT2D eigenvalue weighted by Crippen LogP contribution is 2.37. The van der Waals surface area contributed by atoms with E-state index in [1.165, 1.54) is 18.3 Å². The zero-order chi connectivity index (χ0) is 18.2. The van der Waals surface area contributed by atoms with E-state index in [4.69, 9.17) is 0 Å². The van der Waals surface area contributed by atoms with Crippen LogP contribution in [0, 0.1) is 0 Å². The zero-order valence-electron chi connectivity index (χ0n) is 12.8. The van der Waals surface area contributed by atoms with Gasteiger partial charge in [0, 0.05) is 29.6 Å². The molecule has 1 aliphatic carbocycles. The molecular formula is C15H15N3O6S. The van der Waals surface area contributed by atoms with E-state index in [2.05, 4.69) is 15.0 Å². The highest BCUT2D eigenvalue weighted by molar-refractivity contribution is 7.93. The quantitative estimate of drug-likeness (QED) is 0.396. The molecule has 0 bridgehead atoms. The van der Waals surface area contributed by atoms with E-state index >= 15 is 0 Å². The molecule has 1 amide bonds. The number of aromatic hydroxyl groups is 3. The second-order valence-electron chi connectivity index (χ2n) is 5.59. The molecule has 1 saturated carbocycles. The van der Waals surface area contributed by atoms with Crippen LogP contribution >= 0.6 is 0 Å². The lowest BCUT2D eigenvalue weighted by atomic mass is 10.2. The van der Waals surface area contributed by atoms with Gasteiger partial charge in [-0.1, -0.05) is 0 Å². The highest BCUT2D eigenvalue weighted by Gasteiger charge is 2.36. The number of benzene rings is 1. The maximum atomic E-state index is 12.2. The summed E-state index contributed by atoms with van der Waals surface area (Å²) < 4.78 is 26.2. The summed E-state index contributed by atoms with van der Waals surface area (Å²) in [7, 11) is -3.50. The van der Waals surface area contributed by atoms with Crippen molar-refractivity contribution in [3.63, 3.8) is 0 Å². The van der Waals surface area contributed by atoms with Gasteiger partial charge in [-0.25, -0.2) is 13.4 Å². The van der Waals surface area contributed by atoms with Crippen LogP contribution < -0.4 is 10.0 Å². The first kappa shape index (κ1) is 16.8. The second-order valence-corrected chi connectivity index (χ2v) is 7.55. The van der Waals surface area contributed by atoms with Gasteiger partial charge in [-0.05, 0) is 25.0 Å². The molecular weight excluding hydrogens is 350 g/mol. The number of aromatic nitrogens is 1. The van der Waals surface area contributed by atoms with Crippen molar-refractivity contribution in [1.82, 2.24) is 4.98 Å². The fourth-order valence-corrected chi connectivity index (χ4v) is 3.44. The van der Waals surface area contributed by atoms with E-state index in [1.54, 1.807) is 0 Å². The van der Waals surface area contributed by atoms with Crippen LogP contribution in [0.4, 0.5) is 11.5 Å². The van der Waals surface area contributed by atoms with Crippen LogP contribution in [0.1, 0.15) is 23.2 Å². The first-order valence-corrected chi connectivity index (χ1v) is 8.85. The number of rotatable bonds is 5. The number of hydrogen-bond acceptors (Lipinski definition) is 7. The summed E-state index contributed by atoms with van der Waals surface area (Å²) in [4.78, 5) is 16.1. The van der Waals surface area contributed by atoms with Crippen molar-refractivity contribution in [1.29, 1.82) is 0 Å². The van der Waals surface area contributed by atoms with Crippen LogP contribution in [0.25, 0.3) is 0 Å². The van der Waals surface area contributed by atoms with Gasteiger partial charge in [0.1, 0.15) is 5.82 Å². The summed E-state index contributed by atoms with van der Waals surface area (Å²) in [6.45, 7) is 0. The van der Waals surface area contributed by atoms with Crippen molar-refractivity contribution in [2.24, 2.45) is 0 Å². The van der Waals surface area contributed by atoms with Gasteiger partial charge in [-0.15, -0.1) is 0 Å². The van der Waals surface area contributed by atoms with Gasteiger partial charge in [0.05, 0.1) is 5.25 Å². The monoisotopic (exact) mass is 365 g/mol. The minimum absolute atomic E-state index is 0.0240. The van der Waals surface area contributed by atoms with E-state index < -0.39 is 38.4 Å². The summed E-state index contributed by atoms with van der Waals surface area (Å²) >= 11 is 0. The topological polar surface area (TPSA) is 149 Å². The molecule has 9 nitrogen and oxygen atoms in total. The molecule has 1 aromatic carbocycles. The Kier molecular flexibility index (Phi) is 4.13. The van der Waals surface area contributed by atoms with E-state index in [-0.39, 0.29) is 17.1 Å². The Morgan fingerprint density at radius 2 is 1.76 bits per heavy atom. The number of carbonyl (C=O) groups is 1. The van der Waals surface area contributed by atoms with Gasteiger partial charge in [-0.3, -0.25) is 9.52 Å². The second kappa shape index (κ2) is 6.13. The van der Waals surface area contributed by atoms with Crippen molar-refractivity contribution in [2.45, 2.75) is 18.1 Å². The minimum Gasteiger partial charge on any atom is -0.504 e. The van der Waals surface area contributed by atoms with Gasteiger partial charge in [0.2, 0.25) is 10.0 Å². The third-order valence-electron chi connectivity index (χ3n) is 3.56. The van der Waals surface area contributed by atoms with Crippen LogP contribution in [0.15, 0.2) is 30.5 Å². The van der Waals surface area contributed by atoms with Crippen LogP contribution in [0.5, 0.6) is 17.2 Å². The molecule has 1 fully saturated rings. The molecule has 25 heavy (non-hydrogen) atoms. The Balaban J connectivity index is 1.77. The molecule has 0 saturated heterocycles. The van der Waals surface area contributed by atoms with Crippen molar-refractivity contribution in [2.75, 3.05) is 10.0 Å². The maximum Gasteiger partial charge on any atom is 0.255 e. The minimum atomic E-state index is -3.50. The third kappa shape index (κ3) is 3.74. The van der Waals surface area contributed by atoms with Gasteiger partial charge < -0.3 is 20.6 Å². The van der Waals surface area contributed by atoms with E-state index in [0.29, 0.717) is 12.8 Å². The lowest BCUT2D eigenvalue weighted by molar-refractivity contribution is 0.102. The standard InChI is InChI=1S/C15H15N3O6S/c19-11-6-9(7-12(20)14(11)21)17-15(22)8-3-4-16-13(5-8)18-25(23,24)10-1-2-10/h3-7,10,19-21H,1-2H2,(H,16,18)(H,17,22). The molecule has 3 rings (SSSR count). The molecule has 1 aliphatic rings. The van der Waals surface area contributed by atoms with Gasteiger partial charge >= 0.3 is 0 Å². The average Bonchev–Trinajstić information content (AvgIpc) is 3.37. The van der Waals surface area contributed by atoms with Crippen LogP contribution in [0.2, 0.25) is 0 Å². The highest BCUT2D eigenvalue weighted by atomic mass is 32.2. The summed E-state index contributed by atoms with van der Waals surface area (Å²) in [6.07, 6.45) is 2.48. The van der Waals surface area contributed by atoms with Crippen LogP contribution in [-0.2, 0) is 10.0 Å². The van der Waals surface area contributed by atoms with Gasteiger partial charge in [-0.2, -0.15) is 0 Å². The molecule has 0 radical (unpaired) electrons. The maximum absolute atomic E-state index is 12.2. The van der Waals surface area contributed by atoms with Crippen molar-refractivity contribution >= 4 is 27.4 Å². The molecule has 5 N–H and O–H groups in total. The SMILES string of the molecule is O=C(Nc1cc(O)c(O)c(O)c1)c1ccnc(NS(=O)(=O)C2CC2)c1. The summed E-state index contributed by atoms with van der Waals surface area (Å²) in [5.41, 5.74) is 0.172. The number of amides is 1. The summed E-state index contributed by atoms with van der Waals surface area (Å²) in [6, 6.07) is 4.77.